The van der Waals surface area contributed by atoms with E-state index in [2.05, 4.69) is 31.3 Å². The smallest absolute Gasteiger partial charge is 0.305 e. The number of ether oxygens (including phenoxy) is 3. The zero-order valence-corrected chi connectivity index (χ0v) is 42.2. The van der Waals surface area contributed by atoms with Crippen molar-refractivity contribution in [2.75, 3.05) is 19.8 Å². The number of aliphatic hydroxyl groups is 5. The summed E-state index contributed by atoms with van der Waals surface area (Å²) < 4.78 is 16.6. The summed E-state index contributed by atoms with van der Waals surface area (Å²) >= 11 is 0. The van der Waals surface area contributed by atoms with Gasteiger partial charge in [-0.3, -0.25) is 9.59 Å². The standard InChI is InChI=1S/C55H101NO10/c1-3-5-7-9-11-13-15-16-18-22-25-29-33-37-41-48(58)47(46-65-55-54(63)53(62)52(61)49(45-57)66-55)56-50(59)42-38-34-30-26-23-19-17-20-24-28-32-36-40-44-64-51(60)43-39-35-31-27-21-14-12-10-8-6-4-2/h19,23,30,34,37,41,47-49,52-55,57-58,61-63H,3-18,20-22,24-29,31-33,35-36,38-40,42-46H2,1-2H3,(H,56,59)/b23-19-,34-30-,41-37+. The number of allylic oxidation sites excluding steroid dienone is 5. The Bertz CT molecular complexity index is 1190. The number of rotatable bonds is 46. The molecule has 1 aliphatic heterocycles. The molecule has 1 heterocycles. The van der Waals surface area contributed by atoms with Crippen LogP contribution in [0, 0.1) is 0 Å². The predicted octanol–water partition coefficient (Wildman–Crippen LogP) is 11.6. The molecule has 0 aromatic heterocycles. The molecule has 11 nitrogen and oxygen atoms in total. The quantitative estimate of drug-likeness (QED) is 0.0196. The molecule has 0 saturated carbocycles. The van der Waals surface area contributed by atoms with Crippen LogP contribution in [0.25, 0.3) is 0 Å². The first-order valence-electron chi connectivity index (χ1n) is 27.3. The van der Waals surface area contributed by atoms with Crippen molar-refractivity contribution >= 4 is 11.9 Å². The van der Waals surface area contributed by atoms with Crippen LogP contribution in [0.2, 0.25) is 0 Å². The van der Waals surface area contributed by atoms with Gasteiger partial charge < -0.3 is 45.1 Å². The van der Waals surface area contributed by atoms with Crippen molar-refractivity contribution in [3.8, 4) is 0 Å². The van der Waals surface area contributed by atoms with Gasteiger partial charge in [0, 0.05) is 12.8 Å². The molecule has 0 bridgehead atoms. The van der Waals surface area contributed by atoms with Crippen LogP contribution in [0.4, 0.5) is 0 Å². The van der Waals surface area contributed by atoms with Crippen molar-refractivity contribution in [2.45, 2.75) is 281 Å². The third kappa shape index (κ3) is 35.1. The summed E-state index contributed by atoms with van der Waals surface area (Å²) in [7, 11) is 0. The third-order valence-corrected chi connectivity index (χ3v) is 12.8. The summed E-state index contributed by atoms with van der Waals surface area (Å²) in [5.74, 6) is -0.302. The van der Waals surface area contributed by atoms with Crippen LogP contribution in [0.1, 0.15) is 239 Å². The highest BCUT2D eigenvalue weighted by atomic mass is 16.7. The van der Waals surface area contributed by atoms with E-state index in [1.807, 2.05) is 18.2 Å². The van der Waals surface area contributed by atoms with E-state index in [1.165, 1.54) is 135 Å². The molecule has 7 atom stereocenters. The fourth-order valence-electron chi connectivity index (χ4n) is 8.37. The topological polar surface area (TPSA) is 175 Å². The number of hydrogen-bond donors (Lipinski definition) is 6. The Morgan fingerprint density at radius 3 is 1.56 bits per heavy atom. The Morgan fingerprint density at radius 1 is 0.561 bits per heavy atom. The van der Waals surface area contributed by atoms with E-state index in [-0.39, 0.29) is 24.9 Å². The first kappa shape index (κ1) is 61.9. The van der Waals surface area contributed by atoms with Crippen LogP contribution in [-0.2, 0) is 23.8 Å². The summed E-state index contributed by atoms with van der Waals surface area (Å²) in [5.41, 5.74) is 0. The monoisotopic (exact) mass is 936 g/mol. The maximum atomic E-state index is 13.0. The van der Waals surface area contributed by atoms with E-state index < -0.39 is 49.5 Å². The van der Waals surface area contributed by atoms with Crippen molar-refractivity contribution in [1.82, 2.24) is 5.32 Å². The lowest BCUT2D eigenvalue weighted by atomic mass is 9.99. The number of amides is 1. The van der Waals surface area contributed by atoms with Gasteiger partial charge in [-0.15, -0.1) is 0 Å². The summed E-state index contributed by atoms with van der Waals surface area (Å²) in [4.78, 5) is 25.0. The minimum Gasteiger partial charge on any atom is -0.466 e. The molecule has 0 aliphatic carbocycles. The van der Waals surface area contributed by atoms with Gasteiger partial charge in [0.05, 0.1) is 32.0 Å². The van der Waals surface area contributed by atoms with Crippen LogP contribution in [0.15, 0.2) is 36.5 Å². The number of carbonyl (C=O) groups is 2. The Balaban J connectivity index is 2.25. The Hall–Kier alpha value is -2.12. The largest absolute Gasteiger partial charge is 0.466 e. The molecule has 0 aromatic carbocycles. The highest BCUT2D eigenvalue weighted by Gasteiger charge is 2.44. The van der Waals surface area contributed by atoms with E-state index in [1.54, 1.807) is 6.08 Å². The Kier molecular flexibility index (Phi) is 42.5. The maximum Gasteiger partial charge on any atom is 0.305 e. The molecular weight excluding hydrogens is 835 g/mol. The Labute approximate surface area is 403 Å². The molecule has 0 radical (unpaired) electrons. The van der Waals surface area contributed by atoms with Crippen molar-refractivity contribution in [2.24, 2.45) is 0 Å². The first-order chi connectivity index (χ1) is 32.2. The number of carbonyl (C=O) groups excluding carboxylic acids is 2. The molecule has 1 fully saturated rings. The van der Waals surface area contributed by atoms with Gasteiger partial charge in [0.2, 0.25) is 5.91 Å². The van der Waals surface area contributed by atoms with Gasteiger partial charge in [-0.2, -0.15) is 0 Å². The number of aliphatic hydroxyl groups excluding tert-OH is 5. The van der Waals surface area contributed by atoms with Crippen LogP contribution in [-0.4, -0.2) is 100 Å². The van der Waals surface area contributed by atoms with Gasteiger partial charge in [0.25, 0.3) is 0 Å². The number of nitrogens with one attached hydrogen (secondary N) is 1. The molecule has 11 heteroatoms. The van der Waals surface area contributed by atoms with Crippen LogP contribution < -0.4 is 5.32 Å². The highest BCUT2D eigenvalue weighted by molar-refractivity contribution is 5.76. The van der Waals surface area contributed by atoms with Gasteiger partial charge in [0.1, 0.15) is 24.4 Å². The summed E-state index contributed by atoms with van der Waals surface area (Å²) in [5, 5.41) is 54.2. The highest BCUT2D eigenvalue weighted by Crippen LogP contribution is 2.23. The molecule has 386 valence electrons. The lowest BCUT2D eigenvalue weighted by molar-refractivity contribution is -0.302. The lowest BCUT2D eigenvalue weighted by Gasteiger charge is -2.40. The second-order valence-electron chi connectivity index (χ2n) is 18.9. The molecule has 1 aliphatic rings. The number of hydrogen-bond acceptors (Lipinski definition) is 10. The molecule has 6 N–H and O–H groups in total. The molecule has 7 unspecified atom stereocenters. The minimum atomic E-state index is -1.59. The molecule has 1 saturated heterocycles. The van der Waals surface area contributed by atoms with Gasteiger partial charge >= 0.3 is 5.97 Å². The molecular formula is C55H101NO10. The van der Waals surface area contributed by atoms with E-state index in [4.69, 9.17) is 14.2 Å². The summed E-state index contributed by atoms with van der Waals surface area (Å²) in [6.45, 7) is 4.24. The second kappa shape index (κ2) is 45.3. The molecule has 1 rings (SSSR count). The summed E-state index contributed by atoms with van der Waals surface area (Å²) in [6, 6.07) is -0.853. The van der Waals surface area contributed by atoms with Crippen molar-refractivity contribution in [1.29, 1.82) is 0 Å². The predicted molar refractivity (Wildman–Crippen MR) is 269 cm³/mol. The molecule has 0 spiro atoms. The third-order valence-electron chi connectivity index (χ3n) is 12.8. The van der Waals surface area contributed by atoms with Crippen LogP contribution in [0.3, 0.4) is 0 Å². The first-order valence-corrected chi connectivity index (χ1v) is 27.3. The minimum absolute atomic E-state index is 0.0399. The van der Waals surface area contributed by atoms with Crippen molar-refractivity contribution in [3.05, 3.63) is 36.5 Å². The zero-order valence-electron chi connectivity index (χ0n) is 42.2. The van der Waals surface area contributed by atoms with Gasteiger partial charge in [0.15, 0.2) is 6.29 Å². The van der Waals surface area contributed by atoms with Gasteiger partial charge in [-0.05, 0) is 51.4 Å². The fourth-order valence-corrected chi connectivity index (χ4v) is 8.37. The van der Waals surface area contributed by atoms with E-state index >= 15 is 0 Å². The van der Waals surface area contributed by atoms with Crippen LogP contribution in [0.5, 0.6) is 0 Å². The van der Waals surface area contributed by atoms with Crippen molar-refractivity contribution in [3.63, 3.8) is 0 Å². The lowest BCUT2D eigenvalue weighted by Crippen LogP contribution is -2.60. The van der Waals surface area contributed by atoms with Gasteiger partial charge in [-0.1, -0.05) is 211 Å². The fraction of sp³-hybridized carbons (Fsp3) is 0.855. The zero-order chi connectivity index (χ0) is 48.1. The molecule has 1 amide bonds. The molecule has 0 aromatic rings. The van der Waals surface area contributed by atoms with Crippen LogP contribution >= 0.6 is 0 Å². The second-order valence-corrected chi connectivity index (χ2v) is 18.9. The van der Waals surface area contributed by atoms with Gasteiger partial charge in [-0.25, -0.2) is 0 Å². The Morgan fingerprint density at radius 2 is 1.03 bits per heavy atom. The average molecular weight is 936 g/mol. The van der Waals surface area contributed by atoms with Crippen molar-refractivity contribution < 1.29 is 49.3 Å². The maximum absolute atomic E-state index is 13.0. The van der Waals surface area contributed by atoms with E-state index in [9.17, 15) is 35.1 Å². The summed E-state index contributed by atoms with van der Waals surface area (Å²) in [6.07, 6.45) is 43.7. The number of unbranched alkanes of at least 4 members (excludes halogenated alkanes) is 28. The number of esters is 1. The van der Waals surface area contributed by atoms with E-state index in [0.717, 1.165) is 70.6 Å². The SMILES string of the molecule is CCCCCCCCCCCCCC/C=C/C(O)C(COC1OC(CO)C(O)C(O)C1O)NC(=O)CC/C=C\C/C=C\CCCCCCCCOC(=O)CCCCCCCCCCCCC. The molecule has 66 heavy (non-hydrogen) atoms. The van der Waals surface area contributed by atoms with E-state index in [0.29, 0.717) is 19.4 Å². The average Bonchev–Trinajstić information content (AvgIpc) is 3.31. The normalized spacial score (nSPS) is 19.9.